The molecule has 0 aromatic rings. The molecule has 1 nitrogen and oxygen atoms in total. The third-order valence-corrected chi connectivity index (χ3v) is 4.96. The second-order valence-corrected chi connectivity index (χ2v) is 9.21. The Hall–Kier alpha value is -0.0400. The molecule has 20 heavy (non-hydrogen) atoms. The van der Waals surface area contributed by atoms with Crippen LogP contribution in [0.5, 0.6) is 0 Å². The molecule has 1 fully saturated rings. The Balaban J connectivity index is 2.02. The molecule has 0 amide bonds. The van der Waals surface area contributed by atoms with Crippen molar-refractivity contribution in [1.82, 2.24) is 4.90 Å². The molecular formula is C19H39N. The van der Waals surface area contributed by atoms with Gasteiger partial charge < -0.3 is 4.90 Å². The molecule has 120 valence electrons. The molecule has 0 spiro atoms. The lowest BCUT2D eigenvalue weighted by molar-refractivity contribution is 0.111. The van der Waals surface area contributed by atoms with Crippen molar-refractivity contribution in [2.45, 2.75) is 86.5 Å². The molecule has 0 bridgehead atoms. The summed E-state index contributed by atoms with van der Waals surface area (Å²) >= 11 is 0. The molecule has 0 aromatic heterocycles. The van der Waals surface area contributed by atoms with Crippen LogP contribution in [0.1, 0.15) is 86.5 Å². The third-order valence-electron chi connectivity index (χ3n) is 4.96. The van der Waals surface area contributed by atoms with Gasteiger partial charge in [0.25, 0.3) is 0 Å². The van der Waals surface area contributed by atoms with Crippen molar-refractivity contribution < 1.29 is 0 Å². The molecule has 1 heteroatoms. The van der Waals surface area contributed by atoms with E-state index < -0.39 is 0 Å². The second-order valence-electron chi connectivity index (χ2n) is 9.21. The van der Waals surface area contributed by atoms with Crippen molar-refractivity contribution in [3.63, 3.8) is 0 Å². The lowest BCUT2D eigenvalue weighted by Gasteiger charge is -2.38. The molecule has 1 saturated heterocycles. The molecule has 0 unspecified atom stereocenters. The van der Waals surface area contributed by atoms with Crippen molar-refractivity contribution in [3.8, 4) is 0 Å². The van der Waals surface area contributed by atoms with Crippen LogP contribution in [-0.4, -0.2) is 24.5 Å². The van der Waals surface area contributed by atoms with E-state index in [2.05, 4.69) is 46.4 Å². The Labute approximate surface area is 128 Å². The van der Waals surface area contributed by atoms with Gasteiger partial charge in [-0.2, -0.15) is 0 Å². The number of unbranched alkanes of at least 4 members (excludes halogenated alkanes) is 3. The van der Waals surface area contributed by atoms with Gasteiger partial charge in [-0.3, -0.25) is 0 Å². The van der Waals surface area contributed by atoms with Crippen LogP contribution in [0.3, 0.4) is 0 Å². The van der Waals surface area contributed by atoms with Crippen LogP contribution >= 0.6 is 0 Å². The Kier molecular flexibility index (Phi) is 7.04. The van der Waals surface area contributed by atoms with Crippen molar-refractivity contribution in [2.24, 2.45) is 16.7 Å². The highest BCUT2D eigenvalue weighted by Gasteiger charge is 2.28. The van der Waals surface area contributed by atoms with E-state index in [9.17, 15) is 0 Å². The average Bonchev–Trinajstić information content (AvgIpc) is 2.32. The quantitative estimate of drug-likeness (QED) is 0.561. The van der Waals surface area contributed by atoms with Gasteiger partial charge in [0.1, 0.15) is 0 Å². The minimum Gasteiger partial charge on any atom is -0.303 e. The van der Waals surface area contributed by atoms with Crippen molar-refractivity contribution in [3.05, 3.63) is 0 Å². The molecule has 0 aliphatic carbocycles. The molecule has 0 aromatic carbocycles. The van der Waals surface area contributed by atoms with Crippen molar-refractivity contribution in [2.75, 3.05) is 19.6 Å². The SMILES string of the molecule is CC(C)(C)CCCCCCN1CCC(C(C)(C)C)CC1. The van der Waals surface area contributed by atoms with Gasteiger partial charge >= 0.3 is 0 Å². The van der Waals surface area contributed by atoms with E-state index in [-0.39, 0.29) is 0 Å². The van der Waals surface area contributed by atoms with E-state index in [1.165, 1.54) is 64.6 Å². The monoisotopic (exact) mass is 281 g/mol. The summed E-state index contributed by atoms with van der Waals surface area (Å²) in [6, 6.07) is 0. The predicted octanol–water partition coefficient (Wildman–Crippen LogP) is 5.74. The van der Waals surface area contributed by atoms with Crippen LogP contribution in [0.25, 0.3) is 0 Å². The smallest absolute Gasteiger partial charge is 0.00159 e. The fourth-order valence-corrected chi connectivity index (χ4v) is 3.37. The van der Waals surface area contributed by atoms with Gasteiger partial charge in [-0.1, -0.05) is 60.8 Å². The average molecular weight is 282 g/mol. The van der Waals surface area contributed by atoms with E-state index in [1.54, 1.807) is 0 Å². The van der Waals surface area contributed by atoms with Gasteiger partial charge in [-0.15, -0.1) is 0 Å². The van der Waals surface area contributed by atoms with Gasteiger partial charge in [0.2, 0.25) is 0 Å². The fraction of sp³-hybridized carbons (Fsp3) is 1.00. The zero-order valence-corrected chi connectivity index (χ0v) is 15.1. The predicted molar refractivity (Wildman–Crippen MR) is 91.2 cm³/mol. The molecule has 1 aliphatic rings. The van der Waals surface area contributed by atoms with Gasteiger partial charge in [-0.05, 0) is 62.1 Å². The summed E-state index contributed by atoms with van der Waals surface area (Å²) in [4.78, 5) is 2.70. The lowest BCUT2D eigenvalue weighted by Crippen LogP contribution is -2.38. The standard InChI is InChI=1S/C19H39N/c1-18(2,3)13-9-7-8-10-14-20-15-11-17(12-16-20)19(4,5)6/h17H,7-16H2,1-6H3. The first kappa shape index (κ1) is 18.0. The first-order chi connectivity index (χ1) is 9.18. The first-order valence-corrected chi connectivity index (χ1v) is 8.91. The fourth-order valence-electron chi connectivity index (χ4n) is 3.37. The Bertz CT molecular complexity index is 248. The minimum atomic E-state index is 0.513. The Morgan fingerprint density at radius 1 is 0.800 bits per heavy atom. The molecule has 0 saturated carbocycles. The largest absolute Gasteiger partial charge is 0.303 e. The maximum atomic E-state index is 2.70. The number of nitrogens with zero attached hydrogens (tertiary/aromatic N) is 1. The van der Waals surface area contributed by atoms with Gasteiger partial charge in [0.05, 0.1) is 0 Å². The van der Waals surface area contributed by atoms with E-state index in [4.69, 9.17) is 0 Å². The van der Waals surface area contributed by atoms with Crippen molar-refractivity contribution in [1.29, 1.82) is 0 Å². The van der Waals surface area contributed by atoms with E-state index in [0.29, 0.717) is 10.8 Å². The van der Waals surface area contributed by atoms with Gasteiger partial charge in [0.15, 0.2) is 0 Å². The summed E-state index contributed by atoms with van der Waals surface area (Å²) < 4.78 is 0. The summed E-state index contributed by atoms with van der Waals surface area (Å²) in [6.07, 6.45) is 9.87. The van der Waals surface area contributed by atoms with Crippen LogP contribution in [0.2, 0.25) is 0 Å². The van der Waals surface area contributed by atoms with Gasteiger partial charge in [0, 0.05) is 0 Å². The maximum Gasteiger partial charge on any atom is -0.00159 e. The highest BCUT2D eigenvalue weighted by atomic mass is 15.1. The zero-order valence-electron chi connectivity index (χ0n) is 15.1. The van der Waals surface area contributed by atoms with Crippen LogP contribution in [-0.2, 0) is 0 Å². The summed E-state index contributed by atoms with van der Waals surface area (Å²) in [5.41, 5.74) is 1.04. The molecule has 1 rings (SSSR count). The molecular weight excluding hydrogens is 242 g/mol. The highest BCUT2D eigenvalue weighted by molar-refractivity contribution is 4.80. The summed E-state index contributed by atoms with van der Waals surface area (Å²) in [5.74, 6) is 0.936. The molecule has 0 N–H and O–H groups in total. The Morgan fingerprint density at radius 2 is 1.35 bits per heavy atom. The molecule has 0 atom stereocenters. The normalized spacial score (nSPS) is 19.5. The summed E-state index contributed by atoms with van der Waals surface area (Å²) in [5, 5.41) is 0. The third kappa shape index (κ3) is 7.67. The second kappa shape index (κ2) is 7.82. The van der Waals surface area contributed by atoms with Crippen LogP contribution in [0.4, 0.5) is 0 Å². The summed E-state index contributed by atoms with van der Waals surface area (Å²) in [6.45, 7) is 18.3. The van der Waals surface area contributed by atoms with E-state index in [1.807, 2.05) is 0 Å². The number of hydrogen-bond acceptors (Lipinski definition) is 1. The highest BCUT2D eigenvalue weighted by Crippen LogP contribution is 2.34. The Morgan fingerprint density at radius 3 is 1.85 bits per heavy atom. The first-order valence-electron chi connectivity index (χ1n) is 8.91. The van der Waals surface area contributed by atoms with Crippen molar-refractivity contribution >= 4 is 0 Å². The number of hydrogen-bond donors (Lipinski definition) is 0. The van der Waals surface area contributed by atoms with Crippen LogP contribution < -0.4 is 0 Å². The topological polar surface area (TPSA) is 3.24 Å². The maximum absolute atomic E-state index is 2.70. The number of likely N-dealkylation sites (tertiary alicyclic amines) is 1. The zero-order chi connectivity index (χ0) is 15.2. The van der Waals surface area contributed by atoms with Crippen LogP contribution in [0.15, 0.2) is 0 Å². The lowest BCUT2D eigenvalue weighted by atomic mass is 9.75. The number of rotatable bonds is 6. The molecule has 1 heterocycles. The van der Waals surface area contributed by atoms with Gasteiger partial charge in [-0.25, -0.2) is 0 Å². The number of piperidine rings is 1. The van der Waals surface area contributed by atoms with E-state index in [0.717, 1.165) is 5.92 Å². The molecule has 0 radical (unpaired) electrons. The molecule has 1 aliphatic heterocycles. The van der Waals surface area contributed by atoms with Crippen LogP contribution in [0, 0.1) is 16.7 Å². The minimum absolute atomic E-state index is 0.513. The van der Waals surface area contributed by atoms with E-state index >= 15 is 0 Å². The summed E-state index contributed by atoms with van der Waals surface area (Å²) in [7, 11) is 0.